The predicted molar refractivity (Wildman–Crippen MR) is 77.7 cm³/mol. The van der Waals surface area contributed by atoms with Gasteiger partial charge in [0.1, 0.15) is 12.2 Å². The van der Waals surface area contributed by atoms with Crippen molar-refractivity contribution in [3.05, 3.63) is 71.8 Å². The average Bonchev–Trinajstić information content (AvgIpc) is 2.45. The summed E-state index contributed by atoms with van der Waals surface area (Å²) in [4.78, 5) is 4.91. The van der Waals surface area contributed by atoms with Gasteiger partial charge in [-0.1, -0.05) is 77.6 Å². The predicted octanol–water partition coefficient (Wildman–Crippen LogP) is 3.93. The highest BCUT2D eigenvalue weighted by Crippen LogP contribution is 2.19. The molecule has 0 aliphatic heterocycles. The first kappa shape index (κ1) is 12.7. The summed E-state index contributed by atoms with van der Waals surface area (Å²) in [5.41, 5.74) is 2.36. The molecule has 2 rings (SSSR count). The molecule has 0 saturated heterocycles. The molecular weight excluding hydrogens is 242 g/mol. The van der Waals surface area contributed by atoms with E-state index in [1.807, 2.05) is 48.5 Å². The fourth-order valence-corrected chi connectivity index (χ4v) is 2.48. The third-order valence-electron chi connectivity index (χ3n) is 2.41. The minimum absolute atomic E-state index is 0.887. The first-order chi connectivity index (χ1) is 8.90. The van der Waals surface area contributed by atoms with Crippen LogP contribution in [0.25, 0.3) is 0 Å². The van der Waals surface area contributed by atoms with Crippen molar-refractivity contribution in [3.8, 4) is 0 Å². The number of oxime groups is 1. The van der Waals surface area contributed by atoms with Crippen molar-refractivity contribution in [3.63, 3.8) is 0 Å². The lowest BCUT2D eigenvalue weighted by molar-refractivity contribution is 0.215. The van der Waals surface area contributed by atoms with Gasteiger partial charge in [0.15, 0.2) is 0 Å². The summed E-state index contributed by atoms with van der Waals surface area (Å²) in [6.07, 6.45) is 0. The molecule has 0 atom stereocenters. The van der Waals surface area contributed by atoms with Gasteiger partial charge in [-0.2, -0.15) is 0 Å². The van der Waals surface area contributed by atoms with Crippen molar-refractivity contribution in [2.24, 2.45) is 5.16 Å². The third-order valence-corrected chi connectivity index (χ3v) is 3.47. The standard InChI is InChI=1S/C15H15NOS/c1-17-16-15(14-10-6-3-7-11-14)18-12-13-8-4-2-5-9-13/h2-11H,12H2,1H3. The Labute approximate surface area is 112 Å². The molecule has 0 aliphatic rings. The second-order valence-electron chi connectivity index (χ2n) is 3.72. The minimum atomic E-state index is 0.887. The van der Waals surface area contributed by atoms with Crippen LogP contribution in [-0.4, -0.2) is 12.2 Å². The smallest absolute Gasteiger partial charge is 0.143 e. The summed E-state index contributed by atoms with van der Waals surface area (Å²) in [6, 6.07) is 20.4. The van der Waals surface area contributed by atoms with Crippen molar-refractivity contribution in [1.82, 2.24) is 0 Å². The van der Waals surface area contributed by atoms with E-state index in [2.05, 4.69) is 17.3 Å². The van der Waals surface area contributed by atoms with Crippen molar-refractivity contribution in [2.45, 2.75) is 5.75 Å². The molecule has 0 radical (unpaired) electrons. The van der Waals surface area contributed by atoms with E-state index in [0.29, 0.717) is 0 Å². The minimum Gasteiger partial charge on any atom is -0.398 e. The van der Waals surface area contributed by atoms with Crippen LogP contribution in [0, 0.1) is 0 Å². The largest absolute Gasteiger partial charge is 0.398 e. The van der Waals surface area contributed by atoms with Crippen LogP contribution >= 0.6 is 11.8 Å². The van der Waals surface area contributed by atoms with Crippen LogP contribution < -0.4 is 0 Å². The Bertz CT molecular complexity index is 496. The zero-order chi connectivity index (χ0) is 12.6. The molecule has 0 fully saturated rings. The molecule has 0 bridgehead atoms. The van der Waals surface area contributed by atoms with E-state index in [-0.39, 0.29) is 0 Å². The number of thioether (sulfide) groups is 1. The first-order valence-corrected chi connectivity index (χ1v) is 6.72. The molecule has 3 heteroatoms. The second kappa shape index (κ2) is 6.87. The number of hydrogen-bond acceptors (Lipinski definition) is 3. The van der Waals surface area contributed by atoms with Gasteiger partial charge in [0.25, 0.3) is 0 Å². The Kier molecular flexibility index (Phi) is 4.85. The van der Waals surface area contributed by atoms with E-state index in [4.69, 9.17) is 4.84 Å². The van der Waals surface area contributed by atoms with Crippen LogP contribution in [0.3, 0.4) is 0 Å². The fourth-order valence-electron chi connectivity index (χ4n) is 1.55. The zero-order valence-electron chi connectivity index (χ0n) is 10.2. The monoisotopic (exact) mass is 257 g/mol. The SMILES string of the molecule is CON=C(SCc1ccccc1)c1ccccc1. The summed E-state index contributed by atoms with van der Waals surface area (Å²) in [7, 11) is 1.58. The molecule has 2 aromatic carbocycles. The Balaban J connectivity index is 2.07. The summed E-state index contributed by atoms with van der Waals surface area (Å²) in [5.74, 6) is 0.887. The van der Waals surface area contributed by atoms with E-state index in [1.165, 1.54) is 5.56 Å². The topological polar surface area (TPSA) is 21.6 Å². The van der Waals surface area contributed by atoms with E-state index >= 15 is 0 Å². The van der Waals surface area contributed by atoms with Gasteiger partial charge in [-0.05, 0) is 5.56 Å². The Morgan fingerprint density at radius 1 is 1.00 bits per heavy atom. The van der Waals surface area contributed by atoms with Crippen LogP contribution in [0.4, 0.5) is 0 Å². The molecular formula is C15H15NOS. The highest BCUT2D eigenvalue weighted by Gasteiger charge is 2.05. The Hall–Kier alpha value is -1.74. The van der Waals surface area contributed by atoms with Gasteiger partial charge < -0.3 is 4.84 Å². The zero-order valence-corrected chi connectivity index (χ0v) is 11.1. The quantitative estimate of drug-likeness (QED) is 0.470. The van der Waals surface area contributed by atoms with Crippen LogP contribution in [0.15, 0.2) is 65.8 Å². The summed E-state index contributed by atoms with van der Waals surface area (Å²) in [6.45, 7) is 0. The van der Waals surface area contributed by atoms with Gasteiger partial charge in [-0.25, -0.2) is 0 Å². The van der Waals surface area contributed by atoms with E-state index in [1.54, 1.807) is 18.9 Å². The van der Waals surface area contributed by atoms with Gasteiger partial charge in [0, 0.05) is 11.3 Å². The van der Waals surface area contributed by atoms with Gasteiger partial charge >= 0.3 is 0 Å². The van der Waals surface area contributed by atoms with E-state index < -0.39 is 0 Å². The lowest BCUT2D eigenvalue weighted by Crippen LogP contribution is -1.97. The summed E-state index contributed by atoms with van der Waals surface area (Å²) in [5, 5.41) is 4.99. The van der Waals surface area contributed by atoms with Crippen LogP contribution in [-0.2, 0) is 10.6 Å². The number of rotatable bonds is 4. The maximum Gasteiger partial charge on any atom is 0.143 e. The number of nitrogens with zero attached hydrogens (tertiary/aromatic N) is 1. The normalized spacial score (nSPS) is 11.3. The van der Waals surface area contributed by atoms with Crippen LogP contribution in [0.1, 0.15) is 11.1 Å². The lowest BCUT2D eigenvalue weighted by atomic mass is 10.2. The van der Waals surface area contributed by atoms with Gasteiger partial charge in [0.05, 0.1) is 0 Å². The fraction of sp³-hybridized carbons (Fsp3) is 0.133. The molecule has 0 spiro atoms. The van der Waals surface area contributed by atoms with Crippen molar-refractivity contribution >= 4 is 16.8 Å². The molecule has 0 aromatic heterocycles. The molecule has 0 unspecified atom stereocenters. The van der Waals surface area contributed by atoms with Crippen molar-refractivity contribution < 1.29 is 4.84 Å². The molecule has 0 heterocycles. The van der Waals surface area contributed by atoms with Gasteiger partial charge in [-0.3, -0.25) is 0 Å². The highest BCUT2D eigenvalue weighted by atomic mass is 32.2. The van der Waals surface area contributed by atoms with E-state index in [0.717, 1.165) is 16.4 Å². The van der Waals surface area contributed by atoms with Crippen molar-refractivity contribution in [2.75, 3.05) is 7.11 Å². The van der Waals surface area contributed by atoms with Crippen LogP contribution in [0.5, 0.6) is 0 Å². The summed E-state index contributed by atoms with van der Waals surface area (Å²) >= 11 is 1.68. The molecule has 2 aromatic rings. The van der Waals surface area contributed by atoms with Crippen LogP contribution in [0.2, 0.25) is 0 Å². The molecule has 0 aliphatic carbocycles. The number of benzene rings is 2. The molecule has 18 heavy (non-hydrogen) atoms. The maximum atomic E-state index is 4.91. The Morgan fingerprint density at radius 2 is 1.61 bits per heavy atom. The molecule has 0 saturated carbocycles. The Morgan fingerprint density at radius 3 is 2.22 bits per heavy atom. The first-order valence-electron chi connectivity index (χ1n) is 5.73. The highest BCUT2D eigenvalue weighted by molar-refractivity contribution is 8.13. The molecule has 92 valence electrons. The second-order valence-corrected chi connectivity index (χ2v) is 4.68. The third kappa shape index (κ3) is 3.64. The molecule has 0 N–H and O–H groups in total. The van der Waals surface area contributed by atoms with Gasteiger partial charge in [-0.15, -0.1) is 0 Å². The maximum absolute atomic E-state index is 4.91. The number of hydrogen-bond donors (Lipinski definition) is 0. The summed E-state index contributed by atoms with van der Waals surface area (Å²) < 4.78 is 0. The average molecular weight is 257 g/mol. The molecule has 0 amide bonds. The molecule has 2 nitrogen and oxygen atoms in total. The lowest BCUT2D eigenvalue weighted by Gasteiger charge is -2.05. The van der Waals surface area contributed by atoms with Crippen molar-refractivity contribution in [1.29, 1.82) is 0 Å². The van der Waals surface area contributed by atoms with Gasteiger partial charge in [0.2, 0.25) is 0 Å². The van der Waals surface area contributed by atoms with E-state index in [9.17, 15) is 0 Å².